The molecule has 1 aromatic carbocycles. The molecule has 1 heterocycles. The lowest BCUT2D eigenvalue weighted by atomic mass is 10.2. The molecule has 18 heavy (non-hydrogen) atoms. The van der Waals surface area contributed by atoms with Crippen LogP contribution in [-0.4, -0.2) is 9.91 Å². The third kappa shape index (κ3) is 2.94. The number of non-ortho nitro benzene ring substituents is 1. The number of hydrogen-bond acceptors (Lipinski definition) is 5. The van der Waals surface area contributed by atoms with Gasteiger partial charge in [-0.25, -0.2) is 4.98 Å². The molecule has 6 nitrogen and oxygen atoms in total. The van der Waals surface area contributed by atoms with Crippen LogP contribution in [0.5, 0.6) is 0 Å². The molecule has 0 atom stereocenters. The zero-order chi connectivity index (χ0) is 13.0. The number of nitrogen functional groups attached to an aromatic ring is 1. The summed E-state index contributed by atoms with van der Waals surface area (Å²) in [5.41, 5.74) is 7.16. The van der Waals surface area contributed by atoms with Crippen LogP contribution in [0.1, 0.15) is 5.56 Å². The zero-order valence-electron chi connectivity index (χ0n) is 9.54. The van der Waals surface area contributed by atoms with E-state index in [-0.39, 0.29) is 5.69 Å². The number of nitrogens with one attached hydrogen (secondary N) is 1. The van der Waals surface area contributed by atoms with Gasteiger partial charge in [-0.3, -0.25) is 10.1 Å². The lowest BCUT2D eigenvalue weighted by Crippen LogP contribution is -2.01. The predicted molar refractivity (Wildman–Crippen MR) is 69.1 cm³/mol. The van der Waals surface area contributed by atoms with Gasteiger partial charge in [0, 0.05) is 18.7 Å². The Kier molecular flexibility index (Phi) is 3.38. The van der Waals surface area contributed by atoms with E-state index in [1.807, 2.05) is 0 Å². The number of benzene rings is 1. The molecule has 0 aliphatic heterocycles. The highest BCUT2D eigenvalue weighted by Gasteiger charge is 2.03. The first kappa shape index (κ1) is 11.8. The number of aromatic nitrogens is 1. The molecule has 1 aromatic heterocycles. The quantitative estimate of drug-likeness (QED) is 0.635. The first-order chi connectivity index (χ1) is 8.65. The van der Waals surface area contributed by atoms with Crippen molar-refractivity contribution in [3.05, 3.63) is 58.3 Å². The Bertz CT molecular complexity index is 537. The van der Waals surface area contributed by atoms with E-state index in [4.69, 9.17) is 5.73 Å². The predicted octanol–water partition coefficient (Wildman–Crippen LogP) is 2.18. The van der Waals surface area contributed by atoms with Crippen LogP contribution in [0, 0.1) is 10.1 Å². The van der Waals surface area contributed by atoms with Gasteiger partial charge in [0.15, 0.2) is 0 Å². The number of rotatable bonds is 4. The molecule has 6 heteroatoms. The summed E-state index contributed by atoms with van der Waals surface area (Å²) in [7, 11) is 0. The molecule has 0 saturated carbocycles. The minimum atomic E-state index is -0.418. The van der Waals surface area contributed by atoms with Crippen molar-refractivity contribution in [2.24, 2.45) is 0 Å². The average Bonchev–Trinajstić information content (AvgIpc) is 2.38. The largest absolute Gasteiger partial charge is 0.397 e. The molecule has 0 fully saturated rings. The molecule has 3 N–H and O–H groups in total. The Morgan fingerprint density at radius 1 is 1.22 bits per heavy atom. The standard InChI is InChI=1S/C12H12N4O2/c13-10-3-6-12(15-8-10)14-7-9-1-4-11(5-2-9)16(17)18/h1-6,8H,7,13H2,(H,14,15). The number of anilines is 2. The molecular formula is C12H12N4O2. The van der Waals surface area contributed by atoms with E-state index in [1.165, 1.54) is 12.1 Å². The second-order valence-electron chi connectivity index (χ2n) is 3.75. The van der Waals surface area contributed by atoms with Crippen LogP contribution >= 0.6 is 0 Å². The monoisotopic (exact) mass is 244 g/mol. The number of nitrogens with zero attached hydrogens (tertiary/aromatic N) is 2. The first-order valence-corrected chi connectivity index (χ1v) is 5.34. The van der Waals surface area contributed by atoms with Crippen LogP contribution < -0.4 is 11.1 Å². The van der Waals surface area contributed by atoms with Crippen LogP contribution in [0.2, 0.25) is 0 Å². The SMILES string of the molecule is Nc1ccc(NCc2ccc([N+](=O)[O-])cc2)nc1. The van der Waals surface area contributed by atoms with Crippen molar-refractivity contribution in [3.63, 3.8) is 0 Å². The molecule has 0 bridgehead atoms. The Labute approximate surface area is 104 Å². The second kappa shape index (κ2) is 5.13. The van der Waals surface area contributed by atoms with Crippen molar-refractivity contribution in [1.29, 1.82) is 0 Å². The van der Waals surface area contributed by atoms with Crippen LogP contribution in [0.15, 0.2) is 42.6 Å². The summed E-state index contributed by atoms with van der Waals surface area (Å²) in [6.07, 6.45) is 1.57. The number of hydrogen-bond donors (Lipinski definition) is 2. The summed E-state index contributed by atoms with van der Waals surface area (Å²) in [4.78, 5) is 14.2. The van der Waals surface area contributed by atoms with Gasteiger partial charge in [0.25, 0.3) is 5.69 Å². The van der Waals surface area contributed by atoms with Crippen molar-refractivity contribution < 1.29 is 4.92 Å². The highest BCUT2D eigenvalue weighted by molar-refractivity contribution is 5.44. The van der Waals surface area contributed by atoms with Gasteiger partial charge in [-0.15, -0.1) is 0 Å². The summed E-state index contributed by atoms with van der Waals surface area (Å²) in [6, 6.07) is 9.91. The summed E-state index contributed by atoms with van der Waals surface area (Å²) < 4.78 is 0. The van der Waals surface area contributed by atoms with Crippen LogP contribution in [-0.2, 0) is 6.54 Å². The fourth-order valence-corrected chi connectivity index (χ4v) is 1.44. The van der Waals surface area contributed by atoms with E-state index < -0.39 is 4.92 Å². The number of nitro groups is 1. The topological polar surface area (TPSA) is 94.1 Å². The van der Waals surface area contributed by atoms with E-state index in [0.717, 1.165) is 5.56 Å². The normalized spacial score (nSPS) is 10.0. The van der Waals surface area contributed by atoms with Crippen molar-refractivity contribution in [2.75, 3.05) is 11.1 Å². The summed E-state index contributed by atoms with van der Waals surface area (Å²) in [5.74, 6) is 0.711. The van der Waals surface area contributed by atoms with E-state index in [1.54, 1.807) is 30.5 Å². The maximum atomic E-state index is 10.5. The number of nitrogens with two attached hydrogens (primary N) is 1. The molecule has 0 radical (unpaired) electrons. The van der Waals surface area contributed by atoms with Crippen molar-refractivity contribution in [3.8, 4) is 0 Å². The molecule has 0 saturated heterocycles. The molecule has 0 amide bonds. The van der Waals surface area contributed by atoms with E-state index in [2.05, 4.69) is 10.3 Å². The lowest BCUT2D eigenvalue weighted by Gasteiger charge is -2.05. The van der Waals surface area contributed by atoms with Gasteiger partial charge in [0.1, 0.15) is 5.82 Å². The van der Waals surface area contributed by atoms with Gasteiger partial charge in [-0.05, 0) is 17.7 Å². The molecule has 92 valence electrons. The van der Waals surface area contributed by atoms with Crippen molar-refractivity contribution >= 4 is 17.2 Å². The third-order valence-corrected chi connectivity index (χ3v) is 2.41. The van der Waals surface area contributed by atoms with E-state index in [9.17, 15) is 10.1 Å². The number of pyridine rings is 1. The lowest BCUT2D eigenvalue weighted by molar-refractivity contribution is -0.384. The maximum Gasteiger partial charge on any atom is 0.269 e. The molecule has 2 aromatic rings. The Balaban J connectivity index is 1.97. The Hall–Kier alpha value is -2.63. The van der Waals surface area contributed by atoms with Crippen LogP contribution in [0.4, 0.5) is 17.2 Å². The van der Waals surface area contributed by atoms with Crippen molar-refractivity contribution in [1.82, 2.24) is 4.98 Å². The summed E-state index contributed by atoms with van der Waals surface area (Å²) >= 11 is 0. The van der Waals surface area contributed by atoms with E-state index >= 15 is 0 Å². The highest BCUT2D eigenvalue weighted by atomic mass is 16.6. The zero-order valence-corrected chi connectivity index (χ0v) is 9.54. The molecule has 2 rings (SSSR count). The molecule has 0 aliphatic rings. The number of nitro benzene ring substituents is 1. The van der Waals surface area contributed by atoms with Gasteiger partial charge < -0.3 is 11.1 Å². The Morgan fingerprint density at radius 3 is 2.50 bits per heavy atom. The summed E-state index contributed by atoms with van der Waals surface area (Å²) in [6.45, 7) is 0.551. The Morgan fingerprint density at radius 2 is 1.94 bits per heavy atom. The van der Waals surface area contributed by atoms with Gasteiger partial charge in [0.05, 0.1) is 16.8 Å². The van der Waals surface area contributed by atoms with Gasteiger partial charge >= 0.3 is 0 Å². The van der Waals surface area contributed by atoms with Gasteiger partial charge in [-0.2, -0.15) is 0 Å². The molecule has 0 unspecified atom stereocenters. The molecule has 0 aliphatic carbocycles. The van der Waals surface area contributed by atoms with E-state index in [0.29, 0.717) is 18.1 Å². The van der Waals surface area contributed by atoms with Gasteiger partial charge in [-0.1, -0.05) is 12.1 Å². The average molecular weight is 244 g/mol. The maximum absolute atomic E-state index is 10.5. The fraction of sp³-hybridized carbons (Fsp3) is 0.0833. The van der Waals surface area contributed by atoms with Gasteiger partial charge in [0.2, 0.25) is 0 Å². The van der Waals surface area contributed by atoms with Crippen molar-refractivity contribution in [2.45, 2.75) is 6.54 Å². The third-order valence-electron chi connectivity index (χ3n) is 2.41. The molecular weight excluding hydrogens is 232 g/mol. The molecule has 0 spiro atoms. The minimum absolute atomic E-state index is 0.0874. The minimum Gasteiger partial charge on any atom is -0.397 e. The summed E-state index contributed by atoms with van der Waals surface area (Å²) in [5, 5.41) is 13.6. The van der Waals surface area contributed by atoms with Crippen LogP contribution in [0.3, 0.4) is 0 Å². The fourth-order valence-electron chi connectivity index (χ4n) is 1.44. The first-order valence-electron chi connectivity index (χ1n) is 5.34. The van der Waals surface area contributed by atoms with Crippen LogP contribution in [0.25, 0.3) is 0 Å². The smallest absolute Gasteiger partial charge is 0.269 e. The second-order valence-corrected chi connectivity index (χ2v) is 3.75. The highest BCUT2D eigenvalue weighted by Crippen LogP contribution is 2.13.